The molecule has 8 saturated carbocycles. The molecule has 0 amide bonds. The van der Waals surface area contributed by atoms with Gasteiger partial charge in [-0.25, -0.2) is 0 Å². The number of hydrogen-bond acceptors (Lipinski definition) is 0. The molecular formula is C42H52P2. The van der Waals surface area contributed by atoms with E-state index in [2.05, 4.69) is 95.9 Å². The van der Waals surface area contributed by atoms with Crippen LogP contribution in [0.2, 0.25) is 0 Å². The zero-order valence-electron chi connectivity index (χ0n) is 27.1. The average molecular weight is 619 g/mol. The van der Waals surface area contributed by atoms with Gasteiger partial charge in [0.25, 0.3) is 0 Å². The third-order valence-electron chi connectivity index (χ3n) is 14.1. The van der Waals surface area contributed by atoms with Crippen molar-refractivity contribution in [3.8, 4) is 0 Å². The largest absolute Gasteiger partial charge is 0.117 e. The van der Waals surface area contributed by atoms with Crippen molar-refractivity contribution in [2.75, 3.05) is 0 Å². The van der Waals surface area contributed by atoms with Gasteiger partial charge in [0.05, 0.1) is 5.16 Å². The molecule has 8 bridgehead atoms. The minimum absolute atomic E-state index is 0.111. The molecule has 8 aliphatic carbocycles. The lowest BCUT2D eigenvalue weighted by atomic mass is 9.55. The fourth-order valence-electron chi connectivity index (χ4n) is 13.3. The molecular weight excluding hydrogens is 566 g/mol. The molecule has 44 heavy (non-hydrogen) atoms. The highest BCUT2D eigenvalue weighted by atomic mass is 31.1. The van der Waals surface area contributed by atoms with Crippen molar-refractivity contribution in [2.24, 2.45) is 35.5 Å². The summed E-state index contributed by atoms with van der Waals surface area (Å²) in [4.78, 5) is 0. The lowest BCUT2D eigenvalue weighted by Gasteiger charge is -2.67. The summed E-state index contributed by atoms with van der Waals surface area (Å²) in [5.41, 5.74) is 8.90. The van der Waals surface area contributed by atoms with Gasteiger partial charge in [0.15, 0.2) is 0 Å². The summed E-state index contributed by atoms with van der Waals surface area (Å²) < 4.78 is 0. The summed E-state index contributed by atoms with van der Waals surface area (Å²) in [5, 5.41) is 1.05. The van der Waals surface area contributed by atoms with Crippen LogP contribution in [0.5, 0.6) is 0 Å². The number of benzene rings is 3. The Hall–Kier alpha value is -1.48. The first-order chi connectivity index (χ1) is 21.3. The van der Waals surface area contributed by atoms with Gasteiger partial charge in [0.2, 0.25) is 0 Å². The summed E-state index contributed by atoms with van der Waals surface area (Å²) in [6.45, 7) is 4.65. The van der Waals surface area contributed by atoms with Crippen LogP contribution >= 0.6 is 17.2 Å². The summed E-state index contributed by atoms with van der Waals surface area (Å²) in [6, 6.07) is 28.3. The third-order valence-corrected chi connectivity index (χ3v) is 19.0. The van der Waals surface area contributed by atoms with Crippen LogP contribution in [0.4, 0.5) is 0 Å². The number of hydrogen-bond donors (Lipinski definition) is 0. The quantitative estimate of drug-likeness (QED) is 0.183. The smallest absolute Gasteiger partial charge is 0.0599 e. The fraction of sp³-hybridized carbons (Fsp3) is 0.571. The highest BCUT2D eigenvalue weighted by Gasteiger charge is 2.62. The Balaban J connectivity index is 1.21. The SMILES string of the molecule is Cc1ccccc1C(P)(c1ccccc1C)c1ccccc1CP(C12CC3CC(CC(C3)C1)C2)C12CC3CC(CC(C3)C1)C2. The molecule has 0 N–H and O–H groups in total. The van der Waals surface area contributed by atoms with E-state index in [4.69, 9.17) is 0 Å². The van der Waals surface area contributed by atoms with Crippen LogP contribution in [-0.2, 0) is 11.3 Å². The van der Waals surface area contributed by atoms with Crippen LogP contribution in [-0.4, -0.2) is 10.3 Å². The van der Waals surface area contributed by atoms with Crippen LogP contribution in [0.3, 0.4) is 0 Å². The topological polar surface area (TPSA) is 0 Å². The molecule has 3 aromatic carbocycles. The molecule has 8 fully saturated rings. The van der Waals surface area contributed by atoms with Crippen molar-refractivity contribution >= 4 is 17.2 Å². The second kappa shape index (κ2) is 10.5. The molecule has 11 rings (SSSR count). The van der Waals surface area contributed by atoms with Crippen molar-refractivity contribution in [1.29, 1.82) is 0 Å². The molecule has 230 valence electrons. The first-order valence-electron chi connectivity index (χ1n) is 18.1. The molecule has 3 aromatic rings. The molecule has 1 atom stereocenters. The Morgan fingerprint density at radius 2 is 0.886 bits per heavy atom. The zero-order chi connectivity index (χ0) is 29.7. The van der Waals surface area contributed by atoms with Crippen molar-refractivity contribution in [2.45, 2.75) is 113 Å². The molecule has 1 unspecified atom stereocenters. The van der Waals surface area contributed by atoms with Gasteiger partial charge in [-0.2, -0.15) is 0 Å². The monoisotopic (exact) mass is 618 g/mol. The first-order valence-corrected chi connectivity index (χ1v) is 20.2. The molecule has 0 heterocycles. The normalized spacial score (nSPS) is 37.4. The van der Waals surface area contributed by atoms with Gasteiger partial charge in [-0.1, -0.05) is 80.7 Å². The molecule has 0 aliphatic heterocycles. The van der Waals surface area contributed by atoms with Gasteiger partial charge in [-0.15, -0.1) is 9.24 Å². The van der Waals surface area contributed by atoms with E-state index in [0.717, 1.165) is 35.5 Å². The second-order valence-corrected chi connectivity index (χ2v) is 20.9. The van der Waals surface area contributed by atoms with E-state index in [9.17, 15) is 0 Å². The Kier molecular flexibility index (Phi) is 6.86. The molecule has 0 spiro atoms. The zero-order valence-corrected chi connectivity index (χ0v) is 29.2. The van der Waals surface area contributed by atoms with Gasteiger partial charge in [0, 0.05) is 0 Å². The maximum absolute atomic E-state index is 3.46. The average Bonchev–Trinajstić information content (AvgIpc) is 2.99. The molecule has 0 saturated heterocycles. The summed E-state index contributed by atoms with van der Waals surface area (Å²) in [7, 11) is 3.35. The standard InChI is InChI=1S/C42H52P2/c1-28-9-3-6-12-37(28)42(43,38-13-7-4-10-29(38)2)39-14-8-5-11-36(39)27-44(40-21-30-15-31(22-40)17-32(16-30)23-40)41-24-33-18-34(25-41)20-35(19-33)26-41/h3-14,30-35H,15-27,43H2,1-2H3. The highest BCUT2D eigenvalue weighted by Crippen LogP contribution is 2.80. The molecule has 0 radical (unpaired) electrons. The van der Waals surface area contributed by atoms with Crippen molar-refractivity contribution in [3.05, 3.63) is 106 Å². The van der Waals surface area contributed by atoms with Crippen molar-refractivity contribution < 1.29 is 0 Å². The maximum atomic E-state index is 3.46. The summed E-state index contributed by atoms with van der Waals surface area (Å²) >= 11 is 0. The Morgan fingerprint density at radius 3 is 1.27 bits per heavy atom. The van der Waals surface area contributed by atoms with Crippen LogP contribution in [0.25, 0.3) is 0 Å². The minimum atomic E-state index is -0.253. The highest BCUT2D eigenvalue weighted by molar-refractivity contribution is 7.60. The first kappa shape index (κ1) is 28.7. The summed E-state index contributed by atoms with van der Waals surface area (Å²) in [5.74, 6) is 6.22. The Bertz CT molecular complexity index is 1410. The predicted molar refractivity (Wildman–Crippen MR) is 191 cm³/mol. The van der Waals surface area contributed by atoms with Crippen molar-refractivity contribution in [1.82, 2.24) is 0 Å². The van der Waals surface area contributed by atoms with E-state index in [1.54, 1.807) is 88.2 Å². The second-order valence-electron chi connectivity index (χ2n) is 17.0. The predicted octanol–water partition coefficient (Wildman–Crippen LogP) is 11.4. The Labute approximate surface area is 270 Å². The van der Waals surface area contributed by atoms with Gasteiger partial charge < -0.3 is 0 Å². The van der Waals surface area contributed by atoms with E-state index in [1.165, 1.54) is 28.4 Å². The lowest BCUT2D eigenvalue weighted by Crippen LogP contribution is -2.56. The van der Waals surface area contributed by atoms with E-state index in [1.807, 2.05) is 0 Å². The van der Waals surface area contributed by atoms with Gasteiger partial charge >= 0.3 is 0 Å². The van der Waals surface area contributed by atoms with Crippen LogP contribution in [0, 0.1) is 49.4 Å². The lowest BCUT2D eigenvalue weighted by molar-refractivity contribution is 0.0184. The number of aryl methyl sites for hydroxylation is 2. The van der Waals surface area contributed by atoms with E-state index in [-0.39, 0.29) is 13.1 Å². The molecule has 0 aromatic heterocycles. The fourth-order valence-corrected chi connectivity index (χ4v) is 19.4. The summed E-state index contributed by atoms with van der Waals surface area (Å²) in [6.07, 6.45) is 20.2. The third kappa shape index (κ3) is 4.43. The maximum Gasteiger partial charge on any atom is 0.0599 e. The van der Waals surface area contributed by atoms with Crippen LogP contribution in [0.15, 0.2) is 72.8 Å². The van der Waals surface area contributed by atoms with Crippen LogP contribution < -0.4 is 0 Å². The molecule has 8 aliphatic rings. The number of rotatable bonds is 7. The van der Waals surface area contributed by atoms with E-state index < -0.39 is 0 Å². The van der Waals surface area contributed by atoms with Gasteiger partial charge in [-0.3, -0.25) is 0 Å². The van der Waals surface area contributed by atoms with Gasteiger partial charge in [-0.05, 0) is 176 Å². The van der Waals surface area contributed by atoms with Gasteiger partial charge in [0.1, 0.15) is 0 Å². The molecule has 0 nitrogen and oxygen atoms in total. The Morgan fingerprint density at radius 1 is 0.545 bits per heavy atom. The van der Waals surface area contributed by atoms with E-state index >= 15 is 0 Å². The van der Waals surface area contributed by atoms with Crippen molar-refractivity contribution in [3.63, 3.8) is 0 Å². The van der Waals surface area contributed by atoms with E-state index in [0.29, 0.717) is 10.3 Å². The minimum Gasteiger partial charge on any atom is -0.117 e. The molecule has 2 heteroatoms. The van der Waals surface area contributed by atoms with Crippen LogP contribution in [0.1, 0.15) is 110 Å².